The Morgan fingerprint density at radius 1 is 1.04 bits per heavy atom. The van der Waals surface area contributed by atoms with Crippen molar-refractivity contribution in [3.63, 3.8) is 0 Å². The average Bonchev–Trinajstić information content (AvgIpc) is 3.04. The lowest BCUT2D eigenvalue weighted by atomic mass is 10.1. The van der Waals surface area contributed by atoms with E-state index >= 15 is 0 Å². The van der Waals surface area contributed by atoms with E-state index in [1.807, 2.05) is 18.2 Å². The Balaban J connectivity index is 1.85. The summed E-state index contributed by atoms with van der Waals surface area (Å²) in [5, 5.41) is 8.12. The standard InChI is InChI=1S/C17H15BrN2O4S/c1-23-15-8-7-13(9-14(15)18)17-20-19-16(24-17)12-5-3-11(4-6-12)10-25(2,21)22/h3-9H,10H2,1-2H3. The van der Waals surface area contributed by atoms with Crippen LogP contribution in [0.1, 0.15) is 5.56 Å². The van der Waals surface area contributed by atoms with Crippen LogP contribution in [0.15, 0.2) is 51.4 Å². The van der Waals surface area contributed by atoms with Crippen LogP contribution in [0, 0.1) is 0 Å². The number of ether oxygens (including phenoxy) is 1. The number of sulfone groups is 1. The molecule has 0 amide bonds. The van der Waals surface area contributed by atoms with E-state index in [4.69, 9.17) is 9.15 Å². The average molecular weight is 423 g/mol. The molecule has 2 aromatic carbocycles. The molecule has 0 radical (unpaired) electrons. The molecule has 0 spiro atoms. The Labute approximate surface area is 153 Å². The fraction of sp³-hybridized carbons (Fsp3) is 0.176. The zero-order valence-corrected chi connectivity index (χ0v) is 16.0. The van der Waals surface area contributed by atoms with Crippen molar-refractivity contribution in [2.45, 2.75) is 5.75 Å². The van der Waals surface area contributed by atoms with Crippen molar-refractivity contribution >= 4 is 25.8 Å². The summed E-state index contributed by atoms with van der Waals surface area (Å²) in [6.07, 6.45) is 1.21. The normalized spacial score (nSPS) is 11.5. The van der Waals surface area contributed by atoms with Gasteiger partial charge in [-0.2, -0.15) is 0 Å². The lowest BCUT2D eigenvalue weighted by Gasteiger charge is -2.03. The number of nitrogens with zero attached hydrogens (tertiary/aromatic N) is 2. The van der Waals surface area contributed by atoms with E-state index in [0.29, 0.717) is 23.1 Å². The fourth-order valence-electron chi connectivity index (χ4n) is 2.30. The van der Waals surface area contributed by atoms with Crippen LogP contribution >= 0.6 is 15.9 Å². The van der Waals surface area contributed by atoms with Gasteiger partial charge in [-0.15, -0.1) is 10.2 Å². The lowest BCUT2D eigenvalue weighted by molar-refractivity contribution is 0.412. The second kappa shape index (κ2) is 6.97. The van der Waals surface area contributed by atoms with Crippen molar-refractivity contribution in [3.05, 3.63) is 52.5 Å². The fourth-order valence-corrected chi connectivity index (χ4v) is 3.64. The molecule has 25 heavy (non-hydrogen) atoms. The van der Waals surface area contributed by atoms with Crippen LogP contribution in [-0.2, 0) is 15.6 Å². The first-order valence-electron chi connectivity index (χ1n) is 7.30. The third-order valence-corrected chi connectivity index (χ3v) is 4.93. The maximum atomic E-state index is 11.3. The summed E-state index contributed by atoms with van der Waals surface area (Å²) in [6.45, 7) is 0. The minimum Gasteiger partial charge on any atom is -0.496 e. The second-order valence-electron chi connectivity index (χ2n) is 5.53. The smallest absolute Gasteiger partial charge is 0.248 e. The molecule has 8 heteroatoms. The van der Waals surface area contributed by atoms with Crippen LogP contribution in [0.5, 0.6) is 5.75 Å². The molecule has 0 saturated heterocycles. The first-order valence-corrected chi connectivity index (χ1v) is 10.2. The first-order chi connectivity index (χ1) is 11.9. The van der Waals surface area contributed by atoms with E-state index in [1.54, 1.807) is 31.4 Å². The molecular formula is C17H15BrN2O4S. The molecule has 0 saturated carbocycles. The van der Waals surface area contributed by atoms with Crippen LogP contribution in [-0.4, -0.2) is 32.0 Å². The predicted molar refractivity (Wildman–Crippen MR) is 98.0 cm³/mol. The van der Waals surface area contributed by atoms with Crippen molar-refractivity contribution < 1.29 is 17.6 Å². The van der Waals surface area contributed by atoms with Gasteiger partial charge in [0, 0.05) is 17.4 Å². The monoisotopic (exact) mass is 422 g/mol. The third kappa shape index (κ3) is 4.26. The molecule has 130 valence electrons. The van der Waals surface area contributed by atoms with Crippen LogP contribution in [0.3, 0.4) is 0 Å². The largest absolute Gasteiger partial charge is 0.496 e. The highest BCUT2D eigenvalue weighted by molar-refractivity contribution is 9.10. The maximum absolute atomic E-state index is 11.3. The second-order valence-corrected chi connectivity index (χ2v) is 8.52. The van der Waals surface area contributed by atoms with Gasteiger partial charge in [0.1, 0.15) is 5.75 Å². The molecular weight excluding hydrogens is 408 g/mol. The Kier molecular flexibility index (Phi) is 4.91. The van der Waals surface area contributed by atoms with Gasteiger partial charge >= 0.3 is 0 Å². The number of benzene rings is 2. The number of halogens is 1. The van der Waals surface area contributed by atoms with Crippen molar-refractivity contribution in [2.75, 3.05) is 13.4 Å². The maximum Gasteiger partial charge on any atom is 0.248 e. The highest BCUT2D eigenvalue weighted by atomic mass is 79.9. The van der Waals surface area contributed by atoms with Crippen molar-refractivity contribution in [2.24, 2.45) is 0 Å². The quantitative estimate of drug-likeness (QED) is 0.622. The van der Waals surface area contributed by atoms with Crippen LogP contribution < -0.4 is 4.74 Å². The Morgan fingerprint density at radius 2 is 1.64 bits per heavy atom. The van der Waals surface area contributed by atoms with Crippen molar-refractivity contribution in [1.82, 2.24) is 10.2 Å². The minimum absolute atomic E-state index is 0.00222. The van der Waals surface area contributed by atoms with Gasteiger partial charge < -0.3 is 9.15 Å². The van der Waals surface area contributed by atoms with Gasteiger partial charge in [0.15, 0.2) is 9.84 Å². The van der Waals surface area contributed by atoms with E-state index in [0.717, 1.165) is 15.6 Å². The first kappa shape index (κ1) is 17.6. The van der Waals surface area contributed by atoms with Gasteiger partial charge in [-0.25, -0.2) is 8.42 Å². The van der Waals surface area contributed by atoms with E-state index in [1.165, 1.54) is 6.26 Å². The van der Waals surface area contributed by atoms with Gasteiger partial charge in [0.05, 0.1) is 17.3 Å². The molecule has 6 nitrogen and oxygen atoms in total. The Morgan fingerprint density at radius 3 is 2.20 bits per heavy atom. The van der Waals surface area contributed by atoms with Gasteiger partial charge in [-0.3, -0.25) is 0 Å². The summed E-state index contributed by atoms with van der Waals surface area (Å²) in [4.78, 5) is 0. The molecule has 0 atom stereocenters. The summed E-state index contributed by atoms with van der Waals surface area (Å²) < 4.78 is 34.4. The topological polar surface area (TPSA) is 82.3 Å². The third-order valence-electron chi connectivity index (χ3n) is 3.45. The summed E-state index contributed by atoms with van der Waals surface area (Å²) in [7, 11) is -1.47. The summed E-state index contributed by atoms with van der Waals surface area (Å²) >= 11 is 3.42. The lowest BCUT2D eigenvalue weighted by Crippen LogP contribution is -2.00. The number of hydrogen-bond acceptors (Lipinski definition) is 6. The number of hydrogen-bond donors (Lipinski definition) is 0. The van der Waals surface area contributed by atoms with Crippen LogP contribution in [0.25, 0.3) is 22.9 Å². The molecule has 0 N–H and O–H groups in total. The van der Waals surface area contributed by atoms with Crippen LogP contribution in [0.4, 0.5) is 0 Å². The number of rotatable bonds is 5. The van der Waals surface area contributed by atoms with Crippen LogP contribution in [0.2, 0.25) is 0 Å². The highest BCUT2D eigenvalue weighted by Crippen LogP contribution is 2.31. The van der Waals surface area contributed by atoms with Gasteiger partial charge in [0.25, 0.3) is 0 Å². The van der Waals surface area contributed by atoms with Crippen molar-refractivity contribution in [3.8, 4) is 28.7 Å². The minimum atomic E-state index is -3.06. The Hall–Kier alpha value is -2.19. The number of aromatic nitrogens is 2. The molecule has 0 aliphatic heterocycles. The molecule has 1 heterocycles. The molecule has 1 aromatic heterocycles. The van der Waals surface area contributed by atoms with E-state index in [-0.39, 0.29) is 5.75 Å². The molecule has 0 fully saturated rings. The van der Waals surface area contributed by atoms with E-state index < -0.39 is 9.84 Å². The van der Waals surface area contributed by atoms with Gasteiger partial charge in [0.2, 0.25) is 11.8 Å². The zero-order valence-electron chi connectivity index (χ0n) is 13.6. The summed E-state index contributed by atoms with van der Waals surface area (Å²) in [6, 6.07) is 12.5. The zero-order chi connectivity index (χ0) is 18.0. The van der Waals surface area contributed by atoms with Gasteiger partial charge in [-0.1, -0.05) is 12.1 Å². The predicted octanol–water partition coefficient (Wildman–Crippen LogP) is 3.72. The SMILES string of the molecule is COc1ccc(-c2nnc(-c3ccc(CS(C)(=O)=O)cc3)o2)cc1Br. The van der Waals surface area contributed by atoms with Crippen molar-refractivity contribution in [1.29, 1.82) is 0 Å². The molecule has 3 aromatic rings. The van der Waals surface area contributed by atoms with E-state index in [9.17, 15) is 8.42 Å². The summed E-state index contributed by atoms with van der Waals surface area (Å²) in [5.41, 5.74) is 2.20. The number of methoxy groups -OCH3 is 1. The van der Waals surface area contributed by atoms with E-state index in [2.05, 4.69) is 26.1 Å². The summed E-state index contributed by atoms with van der Waals surface area (Å²) in [5.74, 6) is 1.47. The Bertz CT molecular complexity index is 998. The highest BCUT2D eigenvalue weighted by Gasteiger charge is 2.13. The van der Waals surface area contributed by atoms with Gasteiger partial charge in [-0.05, 0) is 51.8 Å². The molecule has 0 unspecified atom stereocenters. The molecule has 3 rings (SSSR count). The molecule has 0 bridgehead atoms. The molecule has 0 aliphatic carbocycles. The molecule has 0 aliphatic rings.